The van der Waals surface area contributed by atoms with Crippen molar-refractivity contribution in [3.05, 3.63) is 70.9 Å². The fraction of sp³-hybridized carbons (Fsp3) is 0.261. The topological polar surface area (TPSA) is 83.7 Å². The molecule has 0 aromatic heterocycles. The largest absolute Gasteiger partial charge is 0.368 e. The molecule has 0 saturated carbocycles. The van der Waals surface area contributed by atoms with Gasteiger partial charge in [-0.05, 0) is 54.3 Å². The Morgan fingerprint density at radius 1 is 0.966 bits per heavy atom. The van der Waals surface area contributed by atoms with E-state index in [1.807, 2.05) is 62.4 Å². The lowest BCUT2D eigenvalue weighted by Crippen LogP contribution is -2.46. The van der Waals surface area contributed by atoms with Gasteiger partial charge in [-0.2, -0.15) is 0 Å². The SMILES string of the molecule is Cc1cc(C)cc(N2C(=O)[C@@H]3[C@H](C2=O)[C@H]2c4ccccc4C=CN2[C@@H]3C(N)=O)c1. The molecule has 3 heterocycles. The summed E-state index contributed by atoms with van der Waals surface area (Å²) in [7, 11) is 0. The van der Waals surface area contributed by atoms with Crippen molar-refractivity contribution in [2.75, 3.05) is 4.90 Å². The van der Waals surface area contributed by atoms with Gasteiger partial charge in [-0.1, -0.05) is 30.3 Å². The fourth-order valence-electron chi connectivity index (χ4n) is 5.22. The molecule has 4 atom stereocenters. The molecule has 2 fully saturated rings. The summed E-state index contributed by atoms with van der Waals surface area (Å²) in [5.41, 5.74) is 10.1. The molecule has 3 aliphatic rings. The number of rotatable bonds is 2. The van der Waals surface area contributed by atoms with Gasteiger partial charge >= 0.3 is 0 Å². The van der Waals surface area contributed by atoms with Crippen LogP contribution in [0.25, 0.3) is 6.08 Å². The van der Waals surface area contributed by atoms with Crippen LogP contribution in [0.1, 0.15) is 28.3 Å². The molecule has 2 aromatic carbocycles. The van der Waals surface area contributed by atoms with Crippen LogP contribution in [0.5, 0.6) is 0 Å². The summed E-state index contributed by atoms with van der Waals surface area (Å²) in [6, 6.07) is 12.2. The monoisotopic (exact) mass is 387 g/mol. The standard InChI is InChI=1S/C23H21N3O3/c1-12-9-13(2)11-15(10-12)26-22(28)17-18(23(26)29)20(21(24)27)25-8-7-14-5-3-4-6-16(14)19(17)25/h3-11,17-20H,1-2H3,(H2,24,27)/t17-,18+,19+,20-/m0/s1. The van der Waals surface area contributed by atoms with Crippen molar-refractivity contribution in [1.29, 1.82) is 0 Å². The molecule has 0 unspecified atom stereocenters. The number of hydrogen-bond acceptors (Lipinski definition) is 4. The smallest absolute Gasteiger partial charge is 0.240 e. The van der Waals surface area contributed by atoms with E-state index >= 15 is 0 Å². The van der Waals surface area contributed by atoms with Gasteiger partial charge in [0.1, 0.15) is 6.04 Å². The normalized spacial score (nSPS) is 27.1. The molecular formula is C23H21N3O3. The Morgan fingerprint density at radius 2 is 1.62 bits per heavy atom. The number of imide groups is 1. The summed E-state index contributed by atoms with van der Waals surface area (Å²) in [6.45, 7) is 3.86. The number of anilines is 1. The minimum atomic E-state index is -0.845. The maximum atomic E-state index is 13.6. The molecule has 6 nitrogen and oxygen atoms in total. The Hall–Kier alpha value is -3.41. The molecule has 0 bridgehead atoms. The predicted octanol–water partition coefficient (Wildman–Crippen LogP) is 2.30. The van der Waals surface area contributed by atoms with Crippen LogP contribution < -0.4 is 10.6 Å². The Morgan fingerprint density at radius 3 is 2.31 bits per heavy atom. The Bertz CT molecular complexity index is 1090. The van der Waals surface area contributed by atoms with Gasteiger partial charge in [0.05, 0.1) is 23.6 Å². The molecule has 6 heteroatoms. The highest BCUT2D eigenvalue weighted by molar-refractivity contribution is 6.24. The van der Waals surface area contributed by atoms with Crippen LogP contribution in [-0.2, 0) is 14.4 Å². The van der Waals surface area contributed by atoms with E-state index in [2.05, 4.69) is 0 Å². The molecule has 5 rings (SSSR count). The highest BCUT2D eigenvalue weighted by atomic mass is 16.2. The summed E-state index contributed by atoms with van der Waals surface area (Å²) in [6.07, 6.45) is 3.70. The third kappa shape index (κ3) is 2.38. The third-order valence-corrected chi connectivity index (χ3v) is 6.22. The minimum Gasteiger partial charge on any atom is -0.368 e. The molecule has 146 valence electrons. The molecule has 2 aromatic rings. The second-order valence-corrected chi connectivity index (χ2v) is 8.09. The van der Waals surface area contributed by atoms with E-state index in [9.17, 15) is 14.4 Å². The first kappa shape index (κ1) is 17.7. The number of nitrogens with zero attached hydrogens (tertiary/aromatic N) is 2. The van der Waals surface area contributed by atoms with Crippen molar-refractivity contribution in [2.45, 2.75) is 25.9 Å². The van der Waals surface area contributed by atoms with Crippen LogP contribution in [0.4, 0.5) is 5.69 Å². The van der Waals surface area contributed by atoms with Gasteiger partial charge in [-0.3, -0.25) is 14.4 Å². The molecule has 0 radical (unpaired) electrons. The lowest BCUT2D eigenvalue weighted by Gasteiger charge is -2.34. The number of primary amides is 1. The van der Waals surface area contributed by atoms with Crippen molar-refractivity contribution in [1.82, 2.24) is 4.90 Å². The first-order chi connectivity index (χ1) is 13.9. The van der Waals surface area contributed by atoms with Crippen LogP contribution in [-0.4, -0.2) is 28.7 Å². The molecular weight excluding hydrogens is 366 g/mol. The Labute approximate surface area is 168 Å². The van der Waals surface area contributed by atoms with Gasteiger partial charge in [0.2, 0.25) is 17.7 Å². The fourth-order valence-corrected chi connectivity index (χ4v) is 5.22. The molecule has 29 heavy (non-hydrogen) atoms. The van der Waals surface area contributed by atoms with Crippen molar-refractivity contribution in [3.8, 4) is 0 Å². The van der Waals surface area contributed by atoms with Crippen LogP contribution in [0.3, 0.4) is 0 Å². The number of fused-ring (bicyclic) bond motifs is 5. The van der Waals surface area contributed by atoms with Crippen molar-refractivity contribution < 1.29 is 14.4 Å². The Balaban J connectivity index is 1.66. The second kappa shape index (κ2) is 6.04. The third-order valence-electron chi connectivity index (χ3n) is 6.22. The number of benzene rings is 2. The summed E-state index contributed by atoms with van der Waals surface area (Å²) in [4.78, 5) is 42.4. The maximum Gasteiger partial charge on any atom is 0.240 e. The lowest BCUT2D eigenvalue weighted by atomic mass is 9.84. The van der Waals surface area contributed by atoms with Crippen LogP contribution in [0.15, 0.2) is 48.7 Å². The highest BCUT2D eigenvalue weighted by Crippen LogP contribution is 2.53. The number of aryl methyl sites for hydroxylation is 2. The van der Waals surface area contributed by atoms with Crippen LogP contribution in [0, 0.1) is 25.7 Å². The zero-order valence-corrected chi connectivity index (χ0v) is 16.2. The van der Waals surface area contributed by atoms with E-state index in [1.165, 1.54) is 4.90 Å². The van der Waals surface area contributed by atoms with E-state index in [0.717, 1.165) is 22.3 Å². The van der Waals surface area contributed by atoms with Gasteiger partial charge in [0.25, 0.3) is 0 Å². The van der Waals surface area contributed by atoms with Gasteiger partial charge in [0, 0.05) is 6.20 Å². The summed E-state index contributed by atoms with van der Waals surface area (Å²) >= 11 is 0. The van der Waals surface area contributed by atoms with Gasteiger partial charge in [-0.25, -0.2) is 4.90 Å². The van der Waals surface area contributed by atoms with Crippen molar-refractivity contribution in [3.63, 3.8) is 0 Å². The minimum absolute atomic E-state index is 0.270. The molecule has 3 aliphatic heterocycles. The number of carbonyl (C=O) groups excluding carboxylic acids is 3. The first-order valence-electron chi connectivity index (χ1n) is 9.68. The van der Waals surface area contributed by atoms with Crippen molar-refractivity contribution >= 4 is 29.5 Å². The molecule has 2 N–H and O–H groups in total. The van der Waals surface area contributed by atoms with Gasteiger partial charge in [-0.15, -0.1) is 0 Å². The molecule has 3 amide bonds. The maximum absolute atomic E-state index is 13.6. The Kier molecular flexibility index (Phi) is 3.68. The van der Waals surface area contributed by atoms with Crippen LogP contribution in [0.2, 0.25) is 0 Å². The predicted molar refractivity (Wildman–Crippen MR) is 108 cm³/mol. The van der Waals surface area contributed by atoms with E-state index in [0.29, 0.717) is 5.69 Å². The summed E-state index contributed by atoms with van der Waals surface area (Å²) < 4.78 is 0. The van der Waals surface area contributed by atoms with E-state index in [4.69, 9.17) is 5.73 Å². The highest BCUT2D eigenvalue weighted by Gasteiger charge is 2.64. The quantitative estimate of drug-likeness (QED) is 0.802. The first-order valence-corrected chi connectivity index (χ1v) is 9.68. The van der Waals surface area contributed by atoms with Crippen LogP contribution >= 0.6 is 0 Å². The van der Waals surface area contributed by atoms with E-state index in [1.54, 1.807) is 11.1 Å². The summed E-state index contributed by atoms with van der Waals surface area (Å²) in [5.74, 6) is -2.65. The summed E-state index contributed by atoms with van der Waals surface area (Å²) in [5, 5.41) is 0. The zero-order valence-electron chi connectivity index (χ0n) is 16.2. The average Bonchev–Trinajstić information content (AvgIpc) is 3.14. The van der Waals surface area contributed by atoms with Crippen molar-refractivity contribution in [2.24, 2.45) is 17.6 Å². The number of amides is 3. The number of hydrogen-bond donors (Lipinski definition) is 1. The molecule has 0 aliphatic carbocycles. The molecule has 2 saturated heterocycles. The zero-order chi connectivity index (χ0) is 20.4. The lowest BCUT2D eigenvalue weighted by molar-refractivity contribution is -0.129. The van der Waals surface area contributed by atoms with E-state index in [-0.39, 0.29) is 17.9 Å². The van der Waals surface area contributed by atoms with E-state index < -0.39 is 23.8 Å². The number of carbonyl (C=O) groups is 3. The number of nitrogens with two attached hydrogens (primary N) is 1. The average molecular weight is 387 g/mol. The van der Waals surface area contributed by atoms with Gasteiger partial charge in [0.15, 0.2) is 0 Å². The second-order valence-electron chi connectivity index (χ2n) is 8.09. The molecule has 0 spiro atoms. The van der Waals surface area contributed by atoms with Gasteiger partial charge < -0.3 is 10.6 Å².